The van der Waals surface area contributed by atoms with Gasteiger partial charge in [0.25, 0.3) is 0 Å². The first-order valence-electron chi connectivity index (χ1n) is 14.2. The van der Waals surface area contributed by atoms with E-state index >= 15 is 0 Å². The van der Waals surface area contributed by atoms with Crippen LogP contribution in [0.1, 0.15) is 97.8 Å². The number of esters is 2. The van der Waals surface area contributed by atoms with Crippen LogP contribution >= 0.6 is 0 Å². The molecule has 5 heteroatoms. The van der Waals surface area contributed by atoms with Gasteiger partial charge in [0.15, 0.2) is 0 Å². The number of Topliss-reactive ketones (excluding diaryl/α,β-unsaturated/α-hetero) is 1. The number of carbonyl (C=O) groups excluding carboxylic acids is 3. The van der Waals surface area contributed by atoms with E-state index in [9.17, 15) is 14.4 Å². The zero-order valence-electron chi connectivity index (χ0n) is 21.2. The molecule has 0 N–H and O–H groups in total. The Kier molecular flexibility index (Phi) is 5.46. The van der Waals surface area contributed by atoms with Crippen molar-refractivity contribution in [3.8, 4) is 0 Å². The van der Waals surface area contributed by atoms with Crippen molar-refractivity contribution in [2.24, 2.45) is 53.3 Å². The Morgan fingerprint density at radius 2 is 1.50 bits per heavy atom. The van der Waals surface area contributed by atoms with Gasteiger partial charge in [-0.3, -0.25) is 14.4 Å². The molecule has 8 fully saturated rings. The molecule has 0 radical (unpaired) electrons. The van der Waals surface area contributed by atoms with Gasteiger partial charge in [-0.25, -0.2) is 0 Å². The first-order chi connectivity index (χ1) is 16.2. The molecule has 0 aromatic rings. The van der Waals surface area contributed by atoms with Crippen LogP contribution in [0.15, 0.2) is 0 Å². The fourth-order valence-electron chi connectivity index (χ4n) is 9.75. The van der Waals surface area contributed by atoms with Crippen LogP contribution in [0, 0.1) is 53.3 Å². The molecule has 8 saturated carbocycles. The Labute approximate surface area is 204 Å². The van der Waals surface area contributed by atoms with Crippen molar-refractivity contribution >= 4 is 17.7 Å². The fourth-order valence-corrected chi connectivity index (χ4v) is 9.75. The van der Waals surface area contributed by atoms with Gasteiger partial charge in [-0.1, -0.05) is 20.8 Å². The molecule has 0 aromatic heterocycles. The number of hydrogen-bond donors (Lipinski definition) is 0. The summed E-state index contributed by atoms with van der Waals surface area (Å²) in [6, 6.07) is 0. The summed E-state index contributed by atoms with van der Waals surface area (Å²) >= 11 is 0. The molecule has 0 amide bonds. The highest BCUT2D eigenvalue weighted by molar-refractivity contribution is 5.86. The number of ether oxygens (including phenoxy) is 2. The monoisotopic (exact) mass is 470 g/mol. The summed E-state index contributed by atoms with van der Waals surface area (Å²) in [6.45, 7) is 6.23. The standard InChI is InChI=1S/C29H42O5/c1-4-21(27(32)33-28-11-20-9-23(14-28)25(30)24(10-20)15-28)5-16(2)26(31)34-29-12-18-6-19(13-29)8-22(7-18)17(29)3/h16-24H,4-15H2,1-3H3. The van der Waals surface area contributed by atoms with Crippen LogP contribution in [0.2, 0.25) is 0 Å². The quantitative estimate of drug-likeness (QED) is 0.460. The first kappa shape index (κ1) is 23.0. The highest BCUT2D eigenvalue weighted by Gasteiger charge is 2.59. The third kappa shape index (κ3) is 3.66. The second kappa shape index (κ2) is 8.06. The minimum Gasteiger partial charge on any atom is -0.459 e. The largest absolute Gasteiger partial charge is 0.459 e. The molecule has 0 spiro atoms. The number of carbonyl (C=O) groups is 3. The van der Waals surface area contributed by atoms with Crippen molar-refractivity contribution in [2.75, 3.05) is 0 Å². The smallest absolute Gasteiger partial charge is 0.309 e. The average molecular weight is 471 g/mol. The molecule has 5 nitrogen and oxygen atoms in total. The van der Waals surface area contributed by atoms with Crippen LogP contribution in [0.5, 0.6) is 0 Å². The second-order valence-electron chi connectivity index (χ2n) is 13.5. The summed E-state index contributed by atoms with van der Waals surface area (Å²) in [5, 5.41) is 0. The number of rotatable bonds is 7. The zero-order valence-corrected chi connectivity index (χ0v) is 21.2. The second-order valence-corrected chi connectivity index (χ2v) is 13.5. The van der Waals surface area contributed by atoms with E-state index in [1.807, 2.05) is 13.8 Å². The highest BCUT2D eigenvalue weighted by atomic mass is 16.6. The lowest BCUT2D eigenvalue weighted by Crippen LogP contribution is -2.58. The maximum atomic E-state index is 13.3. The molecule has 188 valence electrons. The highest BCUT2D eigenvalue weighted by Crippen LogP contribution is 2.60. The Morgan fingerprint density at radius 1 is 0.882 bits per heavy atom. The van der Waals surface area contributed by atoms with E-state index in [0.29, 0.717) is 49.2 Å². The van der Waals surface area contributed by atoms with Gasteiger partial charge in [0, 0.05) is 11.8 Å². The molecular formula is C29H42O5. The molecule has 0 heterocycles. The summed E-state index contributed by atoms with van der Waals surface area (Å²) in [4.78, 5) is 39.1. The lowest BCUT2D eigenvalue weighted by molar-refractivity contribution is -0.209. The van der Waals surface area contributed by atoms with Crippen LogP contribution in [-0.2, 0) is 23.9 Å². The normalized spacial score (nSPS) is 47.5. The van der Waals surface area contributed by atoms with Gasteiger partial charge >= 0.3 is 11.9 Å². The molecule has 0 saturated heterocycles. The topological polar surface area (TPSA) is 69.7 Å². The predicted molar refractivity (Wildman–Crippen MR) is 126 cm³/mol. The third-order valence-electron chi connectivity index (χ3n) is 11.2. The molecule has 0 aliphatic heterocycles. The predicted octanol–water partition coefficient (Wildman–Crippen LogP) is 5.49. The Morgan fingerprint density at radius 3 is 2.12 bits per heavy atom. The van der Waals surface area contributed by atoms with Crippen molar-refractivity contribution in [2.45, 2.75) is 109 Å². The van der Waals surface area contributed by atoms with Crippen LogP contribution < -0.4 is 0 Å². The van der Waals surface area contributed by atoms with E-state index in [2.05, 4.69) is 6.92 Å². The van der Waals surface area contributed by atoms with Crippen molar-refractivity contribution < 1.29 is 23.9 Å². The maximum Gasteiger partial charge on any atom is 0.309 e. The summed E-state index contributed by atoms with van der Waals surface area (Å²) in [5.41, 5.74) is -0.707. The lowest BCUT2D eigenvalue weighted by Gasteiger charge is -2.59. The van der Waals surface area contributed by atoms with Crippen LogP contribution in [-0.4, -0.2) is 28.9 Å². The molecular weight excluding hydrogens is 428 g/mol. The molecule has 34 heavy (non-hydrogen) atoms. The number of hydrogen-bond acceptors (Lipinski definition) is 5. The Balaban J connectivity index is 1.08. The lowest BCUT2D eigenvalue weighted by atomic mass is 9.50. The van der Waals surface area contributed by atoms with E-state index < -0.39 is 5.60 Å². The van der Waals surface area contributed by atoms with Gasteiger partial charge < -0.3 is 9.47 Å². The maximum absolute atomic E-state index is 13.3. The molecule has 8 aliphatic rings. The van der Waals surface area contributed by atoms with Gasteiger partial charge in [0.2, 0.25) is 0 Å². The molecule has 7 atom stereocenters. The van der Waals surface area contributed by atoms with Crippen molar-refractivity contribution in [3.05, 3.63) is 0 Å². The van der Waals surface area contributed by atoms with Crippen LogP contribution in [0.4, 0.5) is 0 Å². The van der Waals surface area contributed by atoms with E-state index in [1.165, 1.54) is 19.3 Å². The zero-order chi connectivity index (χ0) is 23.8. The van der Waals surface area contributed by atoms with Crippen molar-refractivity contribution in [3.63, 3.8) is 0 Å². The van der Waals surface area contributed by atoms with Crippen LogP contribution in [0.3, 0.4) is 0 Å². The summed E-state index contributed by atoms with van der Waals surface area (Å²) < 4.78 is 12.6. The molecule has 7 unspecified atom stereocenters. The van der Waals surface area contributed by atoms with Crippen molar-refractivity contribution in [1.29, 1.82) is 0 Å². The SMILES string of the molecule is CCC(CC(C)C(=O)OC12CC3CC(CC(C3)C1C)C2)C(=O)OC12CC3CC(C1)C(=O)C(C3)C2. The van der Waals surface area contributed by atoms with Gasteiger partial charge in [0.1, 0.15) is 17.0 Å². The van der Waals surface area contributed by atoms with E-state index in [0.717, 1.165) is 43.9 Å². The van der Waals surface area contributed by atoms with Crippen molar-refractivity contribution in [1.82, 2.24) is 0 Å². The molecule has 8 bridgehead atoms. The third-order valence-corrected chi connectivity index (χ3v) is 11.2. The number of ketones is 1. The van der Waals surface area contributed by atoms with Gasteiger partial charge in [-0.05, 0) is 107 Å². The Bertz CT molecular complexity index is 846. The summed E-state index contributed by atoms with van der Waals surface area (Å²) in [7, 11) is 0. The minimum atomic E-state index is -0.437. The Hall–Kier alpha value is -1.39. The van der Waals surface area contributed by atoms with Gasteiger partial charge in [-0.15, -0.1) is 0 Å². The summed E-state index contributed by atoms with van der Waals surface area (Å²) in [5.74, 6) is 2.83. The molecule has 8 rings (SSSR count). The molecule has 8 aliphatic carbocycles. The van der Waals surface area contributed by atoms with Gasteiger partial charge in [-0.2, -0.15) is 0 Å². The van der Waals surface area contributed by atoms with E-state index in [-0.39, 0.29) is 41.2 Å². The first-order valence-corrected chi connectivity index (χ1v) is 14.2. The average Bonchev–Trinajstić information content (AvgIpc) is 2.77. The van der Waals surface area contributed by atoms with Crippen LogP contribution in [0.25, 0.3) is 0 Å². The summed E-state index contributed by atoms with van der Waals surface area (Å²) in [6.07, 6.45) is 11.5. The minimum absolute atomic E-state index is 0.0929. The van der Waals surface area contributed by atoms with E-state index in [1.54, 1.807) is 0 Å². The van der Waals surface area contributed by atoms with E-state index in [4.69, 9.17) is 9.47 Å². The van der Waals surface area contributed by atoms with Gasteiger partial charge in [0.05, 0.1) is 11.8 Å². The molecule has 0 aromatic carbocycles. The fraction of sp³-hybridized carbons (Fsp3) is 0.897.